The first-order valence-corrected chi connectivity index (χ1v) is 10.3. The number of halogens is 1. The number of guanidine groups is 1. The molecule has 0 bridgehead atoms. The molecule has 3 rings (SSSR count). The normalized spacial score (nSPS) is 16.3. The van der Waals surface area contributed by atoms with E-state index in [9.17, 15) is 0 Å². The molecule has 0 spiro atoms. The zero-order valence-electron chi connectivity index (χ0n) is 17.0. The van der Waals surface area contributed by atoms with E-state index in [4.69, 9.17) is 4.99 Å². The summed E-state index contributed by atoms with van der Waals surface area (Å²) in [6.07, 6.45) is 9.10. The summed E-state index contributed by atoms with van der Waals surface area (Å²) in [5.41, 5.74) is 1.27. The van der Waals surface area contributed by atoms with Gasteiger partial charge >= 0.3 is 0 Å². The third kappa shape index (κ3) is 6.76. The Labute approximate surface area is 185 Å². The lowest BCUT2D eigenvalue weighted by Gasteiger charge is -2.27. The van der Waals surface area contributed by atoms with Crippen LogP contribution in [-0.2, 0) is 13.0 Å². The predicted molar refractivity (Wildman–Crippen MR) is 125 cm³/mol. The Hall–Kier alpha value is -1.64. The maximum atomic E-state index is 4.85. The predicted octanol–water partition coefficient (Wildman–Crippen LogP) is 4.09. The molecule has 6 nitrogen and oxygen atoms in total. The highest BCUT2D eigenvalue weighted by Crippen LogP contribution is 2.18. The summed E-state index contributed by atoms with van der Waals surface area (Å²) < 4.78 is 2.09. The molecule has 1 aliphatic rings. The number of aryl methyl sites for hydroxylation is 1. The van der Waals surface area contributed by atoms with Crippen molar-refractivity contribution in [1.29, 1.82) is 0 Å². The largest absolute Gasteiger partial charge is 0.354 e. The van der Waals surface area contributed by atoms with Crippen LogP contribution < -0.4 is 10.6 Å². The average molecular weight is 496 g/mol. The highest BCUT2D eigenvalue weighted by Gasteiger charge is 2.16. The lowest BCUT2D eigenvalue weighted by atomic mass is 9.96. The Bertz CT molecular complexity index is 709. The van der Waals surface area contributed by atoms with Crippen molar-refractivity contribution >= 4 is 29.9 Å². The zero-order chi connectivity index (χ0) is 18.9. The van der Waals surface area contributed by atoms with Crippen molar-refractivity contribution in [1.82, 2.24) is 25.4 Å². The minimum Gasteiger partial charge on any atom is -0.354 e. The fourth-order valence-corrected chi connectivity index (χ4v) is 3.61. The van der Waals surface area contributed by atoms with Crippen LogP contribution in [0.5, 0.6) is 0 Å². The Balaban J connectivity index is 0.00000280. The van der Waals surface area contributed by atoms with Gasteiger partial charge in [0.2, 0.25) is 0 Å². The van der Waals surface area contributed by atoms with Gasteiger partial charge in [-0.15, -0.1) is 34.2 Å². The standard InChI is InChI=1S/C21H32N6.HI/c1-3-20-26-23-16-27(20)15-14-22-21(25-19-12-8-5-9-13-19)24-17(2)18-10-6-4-7-11-18;/h4,6-7,10-11,16-17,19H,3,5,8-9,12-15H2,1-2H3,(H2,22,24,25);1H. The highest BCUT2D eigenvalue weighted by molar-refractivity contribution is 14.0. The Morgan fingerprint density at radius 1 is 1.21 bits per heavy atom. The number of nitrogens with one attached hydrogen (secondary N) is 2. The van der Waals surface area contributed by atoms with Crippen LogP contribution >= 0.6 is 24.0 Å². The van der Waals surface area contributed by atoms with Crippen LogP contribution in [0.3, 0.4) is 0 Å². The fraction of sp³-hybridized carbons (Fsp3) is 0.571. The summed E-state index contributed by atoms with van der Waals surface area (Å²) in [5.74, 6) is 1.92. The van der Waals surface area contributed by atoms with Crippen LogP contribution in [-0.4, -0.2) is 33.3 Å². The molecule has 1 fully saturated rings. The minimum atomic E-state index is 0. The molecule has 28 heavy (non-hydrogen) atoms. The first-order valence-electron chi connectivity index (χ1n) is 10.3. The van der Waals surface area contributed by atoms with Gasteiger partial charge in [0.1, 0.15) is 12.2 Å². The molecule has 0 aliphatic heterocycles. The molecule has 7 heteroatoms. The molecule has 0 amide bonds. The molecule has 1 aromatic carbocycles. The van der Waals surface area contributed by atoms with Gasteiger partial charge in [0, 0.05) is 19.0 Å². The summed E-state index contributed by atoms with van der Waals surface area (Å²) >= 11 is 0. The van der Waals surface area contributed by atoms with Crippen molar-refractivity contribution in [2.75, 3.05) is 6.54 Å². The van der Waals surface area contributed by atoms with Gasteiger partial charge in [-0.05, 0) is 25.3 Å². The van der Waals surface area contributed by atoms with Gasteiger partial charge in [0.25, 0.3) is 0 Å². The summed E-state index contributed by atoms with van der Waals surface area (Å²) in [6.45, 7) is 5.79. The van der Waals surface area contributed by atoms with Gasteiger partial charge in [-0.25, -0.2) is 0 Å². The summed E-state index contributed by atoms with van der Waals surface area (Å²) in [4.78, 5) is 4.85. The van der Waals surface area contributed by atoms with Crippen LogP contribution in [0.2, 0.25) is 0 Å². The van der Waals surface area contributed by atoms with E-state index in [0.29, 0.717) is 12.6 Å². The van der Waals surface area contributed by atoms with Crippen molar-refractivity contribution in [2.45, 2.75) is 71.0 Å². The molecule has 2 aromatic rings. The molecular formula is C21H33IN6. The van der Waals surface area contributed by atoms with E-state index in [1.165, 1.54) is 37.7 Å². The second-order valence-corrected chi connectivity index (χ2v) is 7.28. The lowest BCUT2D eigenvalue weighted by molar-refractivity contribution is 0.408. The van der Waals surface area contributed by atoms with Gasteiger partial charge in [-0.3, -0.25) is 4.99 Å². The van der Waals surface area contributed by atoms with Crippen molar-refractivity contribution in [3.63, 3.8) is 0 Å². The number of aromatic nitrogens is 3. The van der Waals surface area contributed by atoms with Gasteiger partial charge in [-0.1, -0.05) is 56.5 Å². The van der Waals surface area contributed by atoms with Gasteiger partial charge in [0.05, 0.1) is 12.6 Å². The van der Waals surface area contributed by atoms with Crippen molar-refractivity contribution in [2.24, 2.45) is 4.99 Å². The zero-order valence-corrected chi connectivity index (χ0v) is 19.3. The van der Waals surface area contributed by atoms with E-state index < -0.39 is 0 Å². The Morgan fingerprint density at radius 3 is 2.68 bits per heavy atom. The second-order valence-electron chi connectivity index (χ2n) is 7.28. The number of benzene rings is 1. The molecular weight excluding hydrogens is 463 g/mol. The van der Waals surface area contributed by atoms with Crippen molar-refractivity contribution in [3.05, 3.63) is 48.0 Å². The molecule has 2 N–H and O–H groups in total. The fourth-order valence-electron chi connectivity index (χ4n) is 3.61. The van der Waals surface area contributed by atoms with Crippen LogP contribution in [0, 0.1) is 0 Å². The first kappa shape index (κ1) is 22.6. The Morgan fingerprint density at radius 2 is 1.96 bits per heavy atom. The van der Waals surface area contributed by atoms with Crippen LogP contribution in [0.25, 0.3) is 0 Å². The molecule has 1 aliphatic carbocycles. The second kappa shape index (κ2) is 12.0. The highest BCUT2D eigenvalue weighted by atomic mass is 127. The SMILES string of the molecule is CCc1nncn1CCN=C(NC1CCCCC1)NC(C)c1ccccc1.I. The molecule has 154 valence electrons. The number of hydrogen-bond acceptors (Lipinski definition) is 3. The smallest absolute Gasteiger partial charge is 0.192 e. The molecule has 1 saturated carbocycles. The van der Waals surface area contributed by atoms with E-state index in [2.05, 4.69) is 69.6 Å². The van der Waals surface area contributed by atoms with Crippen LogP contribution in [0.15, 0.2) is 41.7 Å². The first-order chi connectivity index (χ1) is 13.3. The lowest BCUT2D eigenvalue weighted by Crippen LogP contribution is -2.45. The molecule has 0 radical (unpaired) electrons. The molecule has 0 saturated heterocycles. The molecule has 1 atom stereocenters. The minimum absolute atomic E-state index is 0. The van der Waals surface area contributed by atoms with Gasteiger partial charge < -0.3 is 15.2 Å². The van der Waals surface area contributed by atoms with E-state index in [1.54, 1.807) is 6.33 Å². The summed E-state index contributed by atoms with van der Waals surface area (Å²) in [5, 5.41) is 15.4. The van der Waals surface area contributed by atoms with E-state index in [0.717, 1.165) is 24.7 Å². The number of aliphatic imine (C=N–C) groups is 1. The average Bonchev–Trinajstić information content (AvgIpc) is 3.17. The third-order valence-electron chi connectivity index (χ3n) is 5.22. The molecule has 1 aromatic heterocycles. The monoisotopic (exact) mass is 496 g/mol. The number of hydrogen-bond donors (Lipinski definition) is 2. The van der Waals surface area contributed by atoms with Crippen molar-refractivity contribution < 1.29 is 0 Å². The maximum absolute atomic E-state index is 4.85. The number of rotatable bonds is 7. The van der Waals surface area contributed by atoms with Crippen LogP contribution in [0.4, 0.5) is 0 Å². The Kier molecular flexibility index (Phi) is 9.73. The van der Waals surface area contributed by atoms with Crippen LogP contribution in [0.1, 0.15) is 63.4 Å². The van der Waals surface area contributed by atoms with Gasteiger partial charge in [0.15, 0.2) is 5.96 Å². The van der Waals surface area contributed by atoms with E-state index in [-0.39, 0.29) is 30.0 Å². The van der Waals surface area contributed by atoms with Crippen molar-refractivity contribution in [3.8, 4) is 0 Å². The quantitative estimate of drug-likeness (QED) is 0.344. The maximum Gasteiger partial charge on any atom is 0.192 e. The summed E-state index contributed by atoms with van der Waals surface area (Å²) in [7, 11) is 0. The van der Waals surface area contributed by atoms with E-state index >= 15 is 0 Å². The number of nitrogens with zero attached hydrogens (tertiary/aromatic N) is 4. The molecule has 1 unspecified atom stereocenters. The van der Waals surface area contributed by atoms with E-state index in [1.807, 2.05) is 0 Å². The molecule has 1 heterocycles. The van der Waals surface area contributed by atoms with Gasteiger partial charge in [-0.2, -0.15) is 0 Å². The summed E-state index contributed by atoms with van der Waals surface area (Å²) in [6, 6.07) is 11.3. The third-order valence-corrected chi connectivity index (χ3v) is 5.22. The topological polar surface area (TPSA) is 67.1 Å².